The minimum Gasteiger partial charge on any atom is -0.481 e. The Morgan fingerprint density at radius 2 is 1.83 bits per heavy atom. The van der Waals surface area contributed by atoms with Gasteiger partial charge in [-0.15, -0.1) is 0 Å². The van der Waals surface area contributed by atoms with E-state index in [9.17, 15) is 9.59 Å². The van der Waals surface area contributed by atoms with Gasteiger partial charge in [0, 0.05) is 31.2 Å². The van der Waals surface area contributed by atoms with E-state index in [-0.39, 0.29) is 12.5 Å². The summed E-state index contributed by atoms with van der Waals surface area (Å²) in [5.74, 6) is -0.173. The van der Waals surface area contributed by atoms with Gasteiger partial charge in [0.25, 0.3) is 11.8 Å². The molecule has 154 valence electrons. The average molecular weight is 501 g/mol. The highest BCUT2D eigenvalue weighted by atomic mass is 79.9. The number of anilines is 1. The van der Waals surface area contributed by atoms with Crippen molar-refractivity contribution in [3.8, 4) is 5.75 Å². The minimum absolute atomic E-state index is 0.0987. The summed E-state index contributed by atoms with van der Waals surface area (Å²) < 4.78 is 6.08. The van der Waals surface area contributed by atoms with E-state index in [1.54, 1.807) is 35.2 Å². The monoisotopic (exact) mass is 499 g/mol. The Hall–Kier alpha value is -1.80. The lowest BCUT2D eigenvalue weighted by Crippen LogP contribution is -2.47. The first kappa shape index (κ1) is 21.9. The standard InChI is InChI=1S/C20H20BrCl2N3O3/c1-25-6-8-26(9-7-25)20(28)14-4-2-3-5-17(14)24-18(27)12-29-19-15(21)10-13(22)11-16(19)23/h2-5,10-11H,6-9,12H2,1H3,(H,24,27). The molecule has 0 spiro atoms. The molecule has 3 rings (SSSR count). The predicted molar refractivity (Wildman–Crippen MR) is 118 cm³/mol. The molecule has 2 aromatic carbocycles. The first-order valence-corrected chi connectivity index (χ1v) is 10.5. The van der Waals surface area contributed by atoms with E-state index in [0.29, 0.717) is 44.6 Å². The summed E-state index contributed by atoms with van der Waals surface area (Å²) in [6, 6.07) is 10.1. The summed E-state index contributed by atoms with van der Waals surface area (Å²) in [6.07, 6.45) is 0. The molecule has 0 bridgehead atoms. The van der Waals surface area contributed by atoms with Gasteiger partial charge in [-0.05, 0) is 47.2 Å². The number of hydrogen-bond donors (Lipinski definition) is 1. The summed E-state index contributed by atoms with van der Waals surface area (Å²) in [5.41, 5.74) is 0.905. The maximum absolute atomic E-state index is 12.9. The van der Waals surface area contributed by atoms with Crippen LogP contribution in [0.2, 0.25) is 10.0 Å². The first-order valence-electron chi connectivity index (χ1n) is 8.99. The lowest BCUT2D eigenvalue weighted by atomic mass is 10.1. The van der Waals surface area contributed by atoms with Gasteiger partial charge >= 0.3 is 0 Å². The van der Waals surface area contributed by atoms with Crippen LogP contribution in [0, 0.1) is 0 Å². The molecule has 29 heavy (non-hydrogen) atoms. The van der Waals surface area contributed by atoms with Crippen LogP contribution in [0.4, 0.5) is 5.69 Å². The number of nitrogens with one attached hydrogen (secondary N) is 1. The summed E-state index contributed by atoms with van der Waals surface area (Å²) in [7, 11) is 2.03. The average Bonchev–Trinajstić information content (AvgIpc) is 2.67. The molecule has 1 saturated heterocycles. The third-order valence-corrected chi connectivity index (χ3v) is 5.62. The van der Waals surface area contributed by atoms with E-state index < -0.39 is 5.91 Å². The highest BCUT2D eigenvalue weighted by Gasteiger charge is 2.23. The molecule has 2 amide bonds. The first-order chi connectivity index (χ1) is 13.8. The topological polar surface area (TPSA) is 61.9 Å². The van der Waals surface area contributed by atoms with Crippen molar-refractivity contribution in [1.82, 2.24) is 9.80 Å². The van der Waals surface area contributed by atoms with Crippen LogP contribution in [0.25, 0.3) is 0 Å². The van der Waals surface area contributed by atoms with Gasteiger partial charge in [0.2, 0.25) is 0 Å². The maximum atomic E-state index is 12.9. The van der Waals surface area contributed by atoms with Crippen LogP contribution in [-0.4, -0.2) is 61.4 Å². The van der Waals surface area contributed by atoms with Gasteiger partial charge < -0.3 is 19.9 Å². The van der Waals surface area contributed by atoms with Gasteiger partial charge in [-0.1, -0.05) is 35.3 Å². The minimum atomic E-state index is -0.401. The molecule has 2 aromatic rings. The van der Waals surface area contributed by atoms with E-state index in [1.807, 2.05) is 7.05 Å². The number of ether oxygens (including phenoxy) is 1. The number of nitrogens with zero attached hydrogens (tertiary/aromatic N) is 2. The fourth-order valence-electron chi connectivity index (χ4n) is 2.95. The fourth-order valence-corrected chi connectivity index (χ4v) is 4.32. The molecule has 6 nitrogen and oxygen atoms in total. The molecule has 1 aliphatic rings. The molecule has 0 atom stereocenters. The highest BCUT2D eigenvalue weighted by Crippen LogP contribution is 2.36. The van der Waals surface area contributed by atoms with Crippen LogP contribution in [0.5, 0.6) is 5.75 Å². The van der Waals surface area contributed by atoms with Gasteiger partial charge in [0.05, 0.1) is 20.7 Å². The van der Waals surface area contributed by atoms with Crippen LogP contribution >= 0.6 is 39.1 Å². The molecule has 1 aliphatic heterocycles. The lowest BCUT2D eigenvalue weighted by molar-refractivity contribution is -0.118. The van der Waals surface area contributed by atoms with Gasteiger partial charge in [-0.25, -0.2) is 0 Å². The Bertz CT molecular complexity index is 895. The summed E-state index contributed by atoms with van der Waals surface area (Å²) >= 11 is 15.4. The highest BCUT2D eigenvalue weighted by molar-refractivity contribution is 9.10. The zero-order valence-electron chi connectivity index (χ0n) is 15.8. The van der Waals surface area contributed by atoms with Crippen LogP contribution < -0.4 is 10.1 Å². The van der Waals surface area contributed by atoms with E-state index >= 15 is 0 Å². The molecular formula is C20H20BrCl2N3O3. The summed E-state index contributed by atoms with van der Waals surface area (Å²) in [5, 5.41) is 3.50. The normalized spacial score (nSPS) is 14.6. The molecule has 0 saturated carbocycles. The number of carbonyl (C=O) groups is 2. The smallest absolute Gasteiger partial charge is 0.262 e. The molecule has 0 unspecified atom stereocenters. The van der Waals surface area contributed by atoms with Gasteiger partial charge in [-0.2, -0.15) is 0 Å². The predicted octanol–water partition coefficient (Wildman–Crippen LogP) is 4.16. The second-order valence-electron chi connectivity index (χ2n) is 6.68. The summed E-state index contributed by atoms with van der Waals surface area (Å²) in [4.78, 5) is 29.3. The molecular weight excluding hydrogens is 481 g/mol. The third kappa shape index (κ3) is 5.63. The van der Waals surface area contributed by atoms with Crippen molar-refractivity contribution in [2.24, 2.45) is 0 Å². The lowest BCUT2D eigenvalue weighted by Gasteiger charge is -2.32. The van der Waals surface area contributed by atoms with Crippen molar-refractivity contribution in [2.75, 3.05) is 45.2 Å². The maximum Gasteiger partial charge on any atom is 0.262 e. The van der Waals surface area contributed by atoms with Crippen LogP contribution in [0.3, 0.4) is 0 Å². The second kappa shape index (κ2) is 9.80. The van der Waals surface area contributed by atoms with Crippen LogP contribution in [-0.2, 0) is 4.79 Å². The number of benzene rings is 2. The van der Waals surface area contributed by atoms with Gasteiger partial charge in [0.1, 0.15) is 0 Å². The van der Waals surface area contributed by atoms with E-state index in [1.165, 1.54) is 6.07 Å². The molecule has 1 N–H and O–H groups in total. The van der Waals surface area contributed by atoms with E-state index in [0.717, 1.165) is 13.1 Å². The van der Waals surface area contributed by atoms with Crippen molar-refractivity contribution >= 4 is 56.6 Å². The zero-order valence-corrected chi connectivity index (χ0v) is 18.9. The molecule has 9 heteroatoms. The Morgan fingerprint density at radius 3 is 2.52 bits per heavy atom. The third-order valence-electron chi connectivity index (χ3n) is 4.53. The van der Waals surface area contributed by atoms with Gasteiger partial charge in [0.15, 0.2) is 12.4 Å². The molecule has 1 heterocycles. The number of carbonyl (C=O) groups excluding carboxylic acids is 2. The van der Waals surface area contributed by atoms with Crippen molar-refractivity contribution in [2.45, 2.75) is 0 Å². The Balaban J connectivity index is 1.66. The van der Waals surface area contributed by atoms with Gasteiger partial charge in [-0.3, -0.25) is 9.59 Å². The molecule has 0 radical (unpaired) electrons. The molecule has 0 aliphatic carbocycles. The molecule has 0 aromatic heterocycles. The Morgan fingerprint density at radius 1 is 1.14 bits per heavy atom. The van der Waals surface area contributed by atoms with Crippen molar-refractivity contribution in [3.05, 3.63) is 56.5 Å². The van der Waals surface area contributed by atoms with Crippen LogP contribution in [0.1, 0.15) is 10.4 Å². The number of amides is 2. The van der Waals surface area contributed by atoms with Crippen molar-refractivity contribution < 1.29 is 14.3 Å². The van der Waals surface area contributed by atoms with Crippen molar-refractivity contribution in [3.63, 3.8) is 0 Å². The number of likely N-dealkylation sites (N-methyl/N-ethyl adjacent to an activating group) is 1. The second-order valence-corrected chi connectivity index (χ2v) is 8.37. The van der Waals surface area contributed by atoms with E-state index in [2.05, 4.69) is 26.1 Å². The number of rotatable bonds is 5. The largest absolute Gasteiger partial charge is 0.481 e. The number of para-hydroxylation sites is 1. The Labute approximate surface area is 187 Å². The zero-order chi connectivity index (χ0) is 21.0. The Kier molecular flexibility index (Phi) is 7.40. The SMILES string of the molecule is CN1CCN(C(=O)c2ccccc2NC(=O)COc2c(Cl)cc(Cl)cc2Br)CC1. The summed E-state index contributed by atoms with van der Waals surface area (Å²) in [6.45, 7) is 2.69. The van der Waals surface area contributed by atoms with E-state index in [4.69, 9.17) is 27.9 Å². The number of piperazine rings is 1. The fraction of sp³-hybridized carbons (Fsp3) is 0.300. The number of halogens is 3. The number of hydrogen-bond acceptors (Lipinski definition) is 4. The van der Waals surface area contributed by atoms with Crippen LogP contribution in [0.15, 0.2) is 40.9 Å². The quantitative estimate of drug-likeness (QED) is 0.669. The van der Waals surface area contributed by atoms with Crippen molar-refractivity contribution in [1.29, 1.82) is 0 Å². The molecule has 1 fully saturated rings.